The molecular weight excluding hydrogens is 216 g/mol. The van der Waals surface area contributed by atoms with E-state index in [-0.39, 0.29) is 5.54 Å². The van der Waals surface area contributed by atoms with Crippen molar-refractivity contribution in [1.82, 2.24) is 0 Å². The molecule has 16 heavy (non-hydrogen) atoms. The van der Waals surface area contributed by atoms with Gasteiger partial charge in [-0.1, -0.05) is 36.5 Å². The summed E-state index contributed by atoms with van der Waals surface area (Å²) in [6.07, 6.45) is 0. The molecule has 1 aromatic rings. The van der Waals surface area contributed by atoms with E-state index in [9.17, 15) is 0 Å². The first kappa shape index (κ1) is 11.3. The van der Waals surface area contributed by atoms with Gasteiger partial charge in [-0.25, -0.2) is 0 Å². The van der Waals surface area contributed by atoms with Gasteiger partial charge in [-0.2, -0.15) is 0 Å². The maximum absolute atomic E-state index is 4.68. The van der Waals surface area contributed by atoms with Gasteiger partial charge in [0.15, 0.2) is 5.17 Å². The Morgan fingerprint density at radius 1 is 1.25 bits per heavy atom. The second-order valence-electron chi connectivity index (χ2n) is 4.37. The second-order valence-corrected chi connectivity index (χ2v) is 5.44. The number of aliphatic imine (C=N–C) groups is 1. The Bertz CT molecular complexity index is 435. The third-order valence-corrected chi connectivity index (χ3v) is 4.00. The van der Waals surface area contributed by atoms with Crippen LogP contribution in [0.5, 0.6) is 0 Å². The van der Waals surface area contributed by atoms with E-state index in [1.54, 1.807) is 11.8 Å². The van der Waals surface area contributed by atoms with E-state index in [1.165, 1.54) is 0 Å². The average Bonchev–Trinajstić information content (AvgIpc) is 2.54. The van der Waals surface area contributed by atoms with E-state index in [4.69, 9.17) is 0 Å². The van der Waals surface area contributed by atoms with Gasteiger partial charge in [0, 0.05) is 17.6 Å². The van der Waals surface area contributed by atoms with Crippen LogP contribution in [0.2, 0.25) is 0 Å². The number of thioether (sulfide) groups is 1. The molecule has 0 saturated heterocycles. The van der Waals surface area contributed by atoms with Crippen LogP contribution in [-0.4, -0.2) is 17.8 Å². The highest BCUT2D eigenvalue weighted by Gasteiger charge is 2.31. The van der Waals surface area contributed by atoms with Crippen LogP contribution in [0.15, 0.2) is 46.8 Å². The lowest BCUT2D eigenvalue weighted by Crippen LogP contribution is -2.22. The second kappa shape index (κ2) is 3.98. The zero-order valence-electron chi connectivity index (χ0n) is 9.90. The minimum Gasteiger partial charge on any atom is -0.324 e. The van der Waals surface area contributed by atoms with Crippen LogP contribution in [-0.2, 0) is 0 Å². The monoisotopic (exact) mass is 232 g/mol. The highest BCUT2D eigenvalue weighted by molar-refractivity contribution is 8.17. The standard InChI is InChI=1S/C13H16N2S/c1-10-13(2,3)14-12(16-10)15(4)11-8-6-5-7-9-11/h5-9H,1H2,2-4H3. The molecule has 0 N–H and O–H groups in total. The third-order valence-electron chi connectivity index (χ3n) is 2.70. The maximum atomic E-state index is 4.68. The summed E-state index contributed by atoms with van der Waals surface area (Å²) in [5, 5.41) is 1.02. The number of anilines is 1. The third kappa shape index (κ3) is 2.00. The quantitative estimate of drug-likeness (QED) is 0.736. The van der Waals surface area contributed by atoms with E-state index in [2.05, 4.69) is 42.5 Å². The van der Waals surface area contributed by atoms with Gasteiger partial charge in [-0.15, -0.1) is 0 Å². The molecule has 0 radical (unpaired) electrons. The van der Waals surface area contributed by atoms with Crippen molar-refractivity contribution < 1.29 is 0 Å². The zero-order chi connectivity index (χ0) is 11.8. The average molecular weight is 232 g/mol. The van der Waals surface area contributed by atoms with E-state index in [0.29, 0.717) is 0 Å². The summed E-state index contributed by atoms with van der Waals surface area (Å²) in [4.78, 5) is 7.89. The van der Waals surface area contributed by atoms with Gasteiger partial charge in [0.05, 0.1) is 5.54 Å². The smallest absolute Gasteiger partial charge is 0.168 e. The normalized spacial score (nSPS) is 18.4. The first-order valence-corrected chi connectivity index (χ1v) is 6.08. The summed E-state index contributed by atoms with van der Waals surface area (Å²) in [5.41, 5.74) is 1.00. The molecule has 0 aliphatic carbocycles. The van der Waals surface area contributed by atoms with Crippen LogP contribution < -0.4 is 4.90 Å². The molecule has 3 heteroatoms. The Labute approximate surface area is 101 Å². The number of benzene rings is 1. The van der Waals surface area contributed by atoms with Gasteiger partial charge in [0.25, 0.3) is 0 Å². The van der Waals surface area contributed by atoms with Crippen molar-refractivity contribution in [1.29, 1.82) is 0 Å². The van der Waals surface area contributed by atoms with Gasteiger partial charge < -0.3 is 4.90 Å². The van der Waals surface area contributed by atoms with Gasteiger partial charge in [0.2, 0.25) is 0 Å². The fourth-order valence-corrected chi connectivity index (χ4v) is 2.50. The van der Waals surface area contributed by atoms with Crippen LogP contribution in [0.4, 0.5) is 5.69 Å². The Balaban J connectivity index is 2.26. The number of para-hydroxylation sites is 1. The topological polar surface area (TPSA) is 15.6 Å². The summed E-state index contributed by atoms with van der Waals surface area (Å²) < 4.78 is 0. The first-order valence-electron chi connectivity index (χ1n) is 5.26. The fraction of sp³-hybridized carbons (Fsp3) is 0.308. The Morgan fingerprint density at radius 3 is 2.38 bits per heavy atom. The van der Waals surface area contributed by atoms with Crippen molar-refractivity contribution in [2.45, 2.75) is 19.4 Å². The number of amidine groups is 1. The van der Waals surface area contributed by atoms with E-state index < -0.39 is 0 Å². The summed E-state index contributed by atoms with van der Waals surface area (Å²) in [7, 11) is 2.04. The molecule has 1 aliphatic rings. The largest absolute Gasteiger partial charge is 0.324 e. The molecule has 0 amide bonds. The van der Waals surface area contributed by atoms with Crippen LogP contribution in [0.25, 0.3) is 0 Å². The number of hydrogen-bond acceptors (Lipinski definition) is 3. The lowest BCUT2D eigenvalue weighted by Gasteiger charge is -2.17. The molecule has 1 heterocycles. The zero-order valence-corrected chi connectivity index (χ0v) is 10.7. The highest BCUT2D eigenvalue weighted by Crippen LogP contribution is 2.39. The van der Waals surface area contributed by atoms with Crippen molar-refractivity contribution in [3.8, 4) is 0 Å². The molecule has 0 saturated carbocycles. The van der Waals surface area contributed by atoms with Gasteiger partial charge in [0.1, 0.15) is 0 Å². The van der Waals surface area contributed by atoms with Gasteiger partial charge in [-0.3, -0.25) is 4.99 Å². The van der Waals surface area contributed by atoms with Crippen molar-refractivity contribution in [3.05, 3.63) is 41.8 Å². The van der Waals surface area contributed by atoms with Crippen LogP contribution in [0.1, 0.15) is 13.8 Å². The molecule has 0 bridgehead atoms. The van der Waals surface area contributed by atoms with E-state index >= 15 is 0 Å². The molecule has 0 unspecified atom stereocenters. The Kier molecular flexibility index (Phi) is 2.80. The lowest BCUT2D eigenvalue weighted by atomic mass is 10.1. The van der Waals surface area contributed by atoms with Crippen molar-refractivity contribution in [2.24, 2.45) is 4.99 Å². The minimum atomic E-state index is -0.150. The Morgan fingerprint density at radius 2 is 1.88 bits per heavy atom. The highest BCUT2D eigenvalue weighted by atomic mass is 32.2. The molecule has 0 aromatic heterocycles. The van der Waals surface area contributed by atoms with Crippen molar-refractivity contribution in [2.75, 3.05) is 11.9 Å². The SMILES string of the molecule is C=C1SC(N(C)c2ccccc2)=NC1(C)C. The Hall–Kier alpha value is -1.22. The number of rotatable bonds is 1. The fourth-order valence-electron chi connectivity index (χ4n) is 1.46. The molecule has 1 aliphatic heterocycles. The summed E-state index contributed by atoms with van der Waals surface area (Å²) >= 11 is 1.66. The molecule has 0 spiro atoms. The molecule has 84 valence electrons. The van der Waals surface area contributed by atoms with Gasteiger partial charge >= 0.3 is 0 Å². The molecule has 2 nitrogen and oxygen atoms in total. The van der Waals surface area contributed by atoms with Gasteiger partial charge in [-0.05, 0) is 26.0 Å². The molecule has 0 atom stereocenters. The molecular formula is C13H16N2S. The molecule has 0 fully saturated rings. The molecule has 2 rings (SSSR count). The van der Waals surface area contributed by atoms with Crippen LogP contribution in [0.3, 0.4) is 0 Å². The van der Waals surface area contributed by atoms with E-state index in [1.807, 2.05) is 25.2 Å². The molecule has 1 aromatic carbocycles. The minimum absolute atomic E-state index is 0.150. The van der Waals surface area contributed by atoms with Crippen LogP contribution in [0, 0.1) is 0 Å². The lowest BCUT2D eigenvalue weighted by molar-refractivity contribution is 0.656. The predicted molar refractivity (Wildman–Crippen MR) is 73.1 cm³/mol. The summed E-state index contributed by atoms with van der Waals surface area (Å²) in [6, 6.07) is 10.2. The van der Waals surface area contributed by atoms with Crippen molar-refractivity contribution in [3.63, 3.8) is 0 Å². The predicted octanol–water partition coefficient (Wildman–Crippen LogP) is 3.52. The summed E-state index contributed by atoms with van der Waals surface area (Å²) in [5.74, 6) is 0. The number of nitrogens with zero attached hydrogens (tertiary/aromatic N) is 2. The number of hydrogen-bond donors (Lipinski definition) is 0. The summed E-state index contributed by atoms with van der Waals surface area (Å²) in [6.45, 7) is 8.24. The van der Waals surface area contributed by atoms with E-state index in [0.717, 1.165) is 15.8 Å². The van der Waals surface area contributed by atoms with Crippen molar-refractivity contribution >= 4 is 22.6 Å². The maximum Gasteiger partial charge on any atom is 0.168 e. The van der Waals surface area contributed by atoms with Crippen LogP contribution >= 0.6 is 11.8 Å². The first-order chi connectivity index (χ1) is 7.50.